The second-order valence-electron chi connectivity index (χ2n) is 5.89. The van der Waals surface area contributed by atoms with Crippen molar-refractivity contribution in [2.45, 2.75) is 32.1 Å². The van der Waals surface area contributed by atoms with E-state index in [0.717, 1.165) is 30.6 Å². The summed E-state index contributed by atoms with van der Waals surface area (Å²) < 4.78 is 5.93. The largest absolute Gasteiger partial charge is 0.489 e. The average Bonchev–Trinajstić information content (AvgIpc) is 2.70. The van der Waals surface area contributed by atoms with Crippen molar-refractivity contribution in [3.05, 3.63) is 52.6 Å². The number of nitrogens with zero attached hydrogens (tertiary/aromatic N) is 1. The Balaban J connectivity index is 1.76. The van der Waals surface area contributed by atoms with Crippen LogP contribution in [0.4, 0.5) is 0 Å². The molecule has 4 nitrogen and oxygen atoms in total. The molecule has 0 fully saturated rings. The van der Waals surface area contributed by atoms with Crippen LogP contribution in [0.3, 0.4) is 0 Å². The molecule has 3 rings (SSSR count). The van der Waals surface area contributed by atoms with Gasteiger partial charge in [0.2, 0.25) is 5.91 Å². The maximum Gasteiger partial charge on any atom is 0.245 e. The summed E-state index contributed by atoms with van der Waals surface area (Å²) in [4.78, 5) is 11.5. The molecule has 1 aromatic rings. The number of fused-ring (bicyclic) bond motifs is 1. The molecular weight excluding hydrogens is 278 g/mol. The molecule has 0 radical (unpaired) electrons. The number of allylic oxidation sites excluding steroid dienone is 3. The van der Waals surface area contributed by atoms with Gasteiger partial charge < -0.3 is 4.74 Å². The fourth-order valence-corrected chi connectivity index (χ4v) is 2.96. The number of ether oxygens (including phenoxy) is 1. The number of rotatable bonds is 3. The molecule has 1 N–H and O–H groups in total. The van der Waals surface area contributed by atoms with Gasteiger partial charge in [-0.2, -0.15) is 0 Å². The van der Waals surface area contributed by atoms with E-state index in [1.54, 1.807) is 0 Å². The predicted molar refractivity (Wildman–Crippen MR) is 83.9 cm³/mol. The first-order valence-electron chi connectivity index (χ1n) is 7.71. The summed E-state index contributed by atoms with van der Waals surface area (Å²) >= 11 is 0. The Morgan fingerprint density at radius 2 is 2.27 bits per heavy atom. The molecule has 4 heteroatoms. The molecular formula is C18H21NO3. The fraction of sp³-hybridized carbons (Fsp3) is 0.389. The van der Waals surface area contributed by atoms with Gasteiger partial charge in [0.1, 0.15) is 12.4 Å². The van der Waals surface area contributed by atoms with Crippen LogP contribution >= 0.6 is 0 Å². The highest BCUT2D eigenvalue weighted by molar-refractivity contribution is 5.74. The molecule has 2 aliphatic rings. The predicted octanol–water partition coefficient (Wildman–Crippen LogP) is 3.05. The number of aryl methyl sites for hydroxylation is 1. The smallest absolute Gasteiger partial charge is 0.245 e. The third kappa shape index (κ3) is 3.22. The van der Waals surface area contributed by atoms with Gasteiger partial charge in [-0.3, -0.25) is 10.0 Å². The Hall–Kier alpha value is -2.07. The Kier molecular flexibility index (Phi) is 4.29. The molecule has 0 saturated heterocycles. The molecule has 22 heavy (non-hydrogen) atoms. The minimum Gasteiger partial charge on any atom is -0.489 e. The summed E-state index contributed by atoms with van der Waals surface area (Å²) in [5.41, 5.74) is 5.05. The molecule has 1 aliphatic heterocycles. The van der Waals surface area contributed by atoms with Crippen LogP contribution in [-0.4, -0.2) is 29.8 Å². The van der Waals surface area contributed by atoms with Crippen molar-refractivity contribution < 1.29 is 14.7 Å². The zero-order valence-corrected chi connectivity index (χ0v) is 12.8. The van der Waals surface area contributed by atoms with E-state index in [1.165, 1.54) is 23.8 Å². The molecule has 0 saturated carbocycles. The number of amides is 1. The number of carbonyl (C=O) groups is 1. The van der Waals surface area contributed by atoms with E-state index in [1.807, 2.05) is 12.1 Å². The molecule has 0 bridgehead atoms. The maximum absolute atomic E-state index is 11.5. The third-order valence-corrected chi connectivity index (χ3v) is 4.28. The van der Waals surface area contributed by atoms with E-state index in [2.05, 4.69) is 18.2 Å². The van der Waals surface area contributed by atoms with Gasteiger partial charge in [0.25, 0.3) is 0 Å². The van der Waals surface area contributed by atoms with Gasteiger partial charge in [0.05, 0.1) is 0 Å². The van der Waals surface area contributed by atoms with Crippen LogP contribution in [-0.2, 0) is 17.6 Å². The number of hydrogen-bond donors (Lipinski definition) is 1. The molecule has 0 atom stereocenters. The van der Waals surface area contributed by atoms with E-state index in [-0.39, 0.29) is 5.91 Å². The molecule has 1 heterocycles. The summed E-state index contributed by atoms with van der Waals surface area (Å²) in [6, 6.07) is 6.13. The topological polar surface area (TPSA) is 49.8 Å². The van der Waals surface area contributed by atoms with Crippen LogP contribution in [0.25, 0.3) is 0 Å². The summed E-state index contributed by atoms with van der Waals surface area (Å²) in [6.45, 7) is 0.680. The van der Waals surface area contributed by atoms with E-state index in [4.69, 9.17) is 9.94 Å². The Morgan fingerprint density at radius 1 is 1.41 bits per heavy atom. The lowest BCUT2D eigenvalue weighted by molar-refractivity contribution is -0.159. The number of hydrogen-bond acceptors (Lipinski definition) is 3. The van der Waals surface area contributed by atoms with Gasteiger partial charge in [-0.1, -0.05) is 24.3 Å². The molecule has 116 valence electrons. The summed E-state index contributed by atoms with van der Waals surface area (Å²) in [5.74, 6) is 0.670. The van der Waals surface area contributed by atoms with E-state index >= 15 is 0 Å². The Bertz CT molecular complexity index is 644. The monoisotopic (exact) mass is 299 g/mol. The first-order valence-corrected chi connectivity index (χ1v) is 7.71. The molecule has 1 aliphatic carbocycles. The lowest BCUT2D eigenvalue weighted by Gasteiger charge is -2.12. The van der Waals surface area contributed by atoms with Gasteiger partial charge in [-0.15, -0.1) is 0 Å². The fourth-order valence-electron chi connectivity index (χ4n) is 2.96. The first-order chi connectivity index (χ1) is 10.6. The third-order valence-electron chi connectivity index (χ3n) is 4.28. The summed E-state index contributed by atoms with van der Waals surface area (Å²) in [6.07, 6.45) is 8.45. The zero-order chi connectivity index (χ0) is 15.5. The van der Waals surface area contributed by atoms with Crippen molar-refractivity contribution in [2.75, 3.05) is 13.7 Å². The average molecular weight is 299 g/mol. The van der Waals surface area contributed by atoms with Crippen LogP contribution in [0, 0.1) is 0 Å². The Morgan fingerprint density at radius 3 is 3.09 bits per heavy atom. The quantitative estimate of drug-likeness (QED) is 0.689. The van der Waals surface area contributed by atoms with Crippen molar-refractivity contribution >= 4 is 5.91 Å². The Labute approximate surface area is 130 Å². The lowest BCUT2D eigenvalue weighted by Crippen LogP contribution is -2.22. The van der Waals surface area contributed by atoms with Crippen LogP contribution in [0.1, 0.15) is 30.4 Å². The van der Waals surface area contributed by atoms with Crippen molar-refractivity contribution in [1.29, 1.82) is 0 Å². The molecule has 1 amide bonds. The molecule has 0 spiro atoms. The van der Waals surface area contributed by atoms with Crippen molar-refractivity contribution in [3.8, 4) is 5.75 Å². The molecule has 0 aromatic heterocycles. The van der Waals surface area contributed by atoms with Crippen LogP contribution in [0.15, 0.2) is 41.5 Å². The van der Waals surface area contributed by atoms with E-state index in [9.17, 15) is 4.79 Å². The zero-order valence-electron chi connectivity index (χ0n) is 12.8. The lowest BCUT2D eigenvalue weighted by atomic mass is 9.93. The van der Waals surface area contributed by atoms with Gasteiger partial charge in [0.15, 0.2) is 0 Å². The SMILES string of the molecule is CN(O)C(=O)CCc1ccc2c(c1)CC1=C(CCC=C1)CO2. The maximum atomic E-state index is 11.5. The highest BCUT2D eigenvalue weighted by atomic mass is 16.5. The number of benzene rings is 1. The van der Waals surface area contributed by atoms with Gasteiger partial charge in [-0.05, 0) is 47.6 Å². The molecule has 1 aromatic carbocycles. The van der Waals surface area contributed by atoms with Crippen molar-refractivity contribution in [2.24, 2.45) is 0 Å². The van der Waals surface area contributed by atoms with Crippen molar-refractivity contribution in [3.63, 3.8) is 0 Å². The first kappa shape index (κ1) is 14.9. The highest BCUT2D eigenvalue weighted by Crippen LogP contribution is 2.32. The van der Waals surface area contributed by atoms with Gasteiger partial charge in [-0.25, -0.2) is 5.06 Å². The molecule has 0 unspecified atom stereocenters. The number of hydroxylamine groups is 2. The minimum absolute atomic E-state index is 0.272. The normalized spacial score (nSPS) is 16.5. The van der Waals surface area contributed by atoms with E-state index in [0.29, 0.717) is 24.5 Å². The highest BCUT2D eigenvalue weighted by Gasteiger charge is 2.17. The number of carbonyl (C=O) groups excluding carboxylic acids is 1. The van der Waals surface area contributed by atoms with Gasteiger partial charge in [0, 0.05) is 19.9 Å². The summed E-state index contributed by atoms with van der Waals surface area (Å²) in [7, 11) is 1.36. The van der Waals surface area contributed by atoms with Gasteiger partial charge >= 0.3 is 0 Å². The van der Waals surface area contributed by atoms with Crippen LogP contribution in [0.5, 0.6) is 5.75 Å². The second kappa shape index (κ2) is 6.36. The second-order valence-corrected chi connectivity index (χ2v) is 5.89. The van der Waals surface area contributed by atoms with Crippen LogP contribution in [0.2, 0.25) is 0 Å². The minimum atomic E-state index is -0.272. The van der Waals surface area contributed by atoms with E-state index < -0.39 is 0 Å². The van der Waals surface area contributed by atoms with Crippen molar-refractivity contribution in [1.82, 2.24) is 5.06 Å². The summed E-state index contributed by atoms with van der Waals surface area (Å²) in [5, 5.41) is 9.76. The standard InChI is InChI=1S/C18H21NO3/c1-19(21)18(20)9-7-13-6-8-17-16(10-13)11-14-4-2-3-5-15(14)12-22-17/h2,4,6,8,10,21H,3,5,7,9,11-12H2,1H3. The van der Waals surface area contributed by atoms with Crippen LogP contribution < -0.4 is 4.74 Å².